The van der Waals surface area contributed by atoms with Gasteiger partial charge in [0.25, 0.3) is 0 Å². The molecule has 3 aromatic carbocycles. The molecule has 0 N–H and O–H groups in total. The van der Waals surface area contributed by atoms with E-state index < -0.39 is 21.5 Å². The molecule has 0 aliphatic heterocycles. The van der Waals surface area contributed by atoms with Gasteiger partial charge in [-0.25, -0.2) is 0 Å². The van der Waals surface area contributed by atoms with E-state index in [1.807, 2.05) is 0 Å². The molecule has 0 aromatic heterocycles. The first-order valence-electron chi connectivity index (χ1n) is 12.6. The molecule has 0 bridgehead atoms. The number of aryl methyl sites for hydroxylation is 1. The summed E-state index contributed by atoms with van der Waals surface area (Å²) < 4.78 is 2.26. The summed E-state index contributed by atoms with van der Waals surface area (Å²) in [4.78, 5) is 0. The molecule has 0 amide bonds. The third kappa shape index (κ3) is 4.20. The van der Waals surface area contributed by atoms with Crippen LogP contribution in [0.15, 0.2) is 78.9 Å². The van der Waals surface area contributed by atoms with E-state index in [9.17, 15) is 0 Å². The zero-order valence-electron chi connectivity index (χ0n) is 20.3. The average molecular weight is 584 g/mol. The molecule has 2 aliphatic carbocycles. The molecule has 0 radical (unpaired) electrons. The molecule has 2 aliphatic rings. The van der Waals surface area contributed by atoms with Crippen LogP contribution in [-0.4, -0.2) is 5.92 Å². The number of hydrogen-bond donors (Lipinski definition) is 0. The second-order valence-corrected chi connectivity index (χ2v) is 53.0. The molecule has 0 fully saturated rings. The molecular weight excluding hydrogens is 551 g/mol. The molecule has 2 unspecified atom stereocenters. The molecule has 3 aromatic rings. The van der Waals surface area contributed by atoms with Crippen molar-refractivity contribution in [2.24, 2.45) is 0 Å². The molecule has 0 heterocycles. The van der Waals surface area contributed by atoms with Crippen molar-refractivity contribution in [1.29, 1.82) is 0 Å². The van der Waals surface area contributed by atoms with Crippen LogP contribution in [0.25, 0.3) is 12.2 Å². The zero-order valence-corrected chi connectivity index (χ0v) is 25.4. The molecule has 2 atom stereocenters. The monoisotopic (exact) mass is 581 g/mol. The first-order valence-corrected chi connectivity index (χ1v) is 29.0. The molecule has 34 heavy (non-hydrogen) atoms. The normalized spacial score (nSPS) is 19.8. The van der Waals surface area contributed by atoms with E-state index in [1.54, 1.807) is 0 Å². The first kappa shape index (κ1) is 24.5. The quantitative estimate of drug-likeness (QED) is 0.244. The summed E-state index contributed by atoms with van der Waals surface area (Å²) in [5, 5.41) is 0. The number of halogens is 2. The topological polar surface area (TPSA) is 0 Å². The number of rotatable bonds is 7. The summed E-state index contributed by atoms with van der Waals surface area (Å²) in [5.74, 6) is -0.732. The Kier molecular flexibility index (Phi) is 6.75. The zero-order chi connectivity index (χ0) is 23.9. The maximum atomic E-state index is 7.92. The van der Waals surface area contributed by atoms with Crippen molar-refractivity contribution in [3.8, 4) is 0 Å². The summed E-state index contributed by atoms with van der Waals surface area (Å²) in [6.07, 6.45) is 11.3. The molecule has 0 nitrogen and oxygen atoms in total. The van der Waals surface area contributed by atoms with E-state index in [2.05, 4.69) is 111 Å². The Balaban J connectivity index is 1.57. The second-order valence-electron chi connectivity index (χ2n) is 10.4. The van der Waals surface area contributed by atoms with Crippen molar-refractivity contribution in [3.05, 3.63) is 112 Å². The van der Waals surface area contributed by atoms with Gasteiger partial charge in [0.2, 0.25) is 0 Å². The third-order valence-electron chi connectivity index (χ3n) is 7.99. The van der Waals surface area contributed by atoms with Gasteiger partial charge in [0, 0.05) is 0 Å². The Morgan fingerprint density at radius 2 is 1.47 bits per heavy atom. The van der Waals surface area contributed by atoms with Gasteiger partial charge in [-0.15, -0.1) is 0 Å². The number of hydrogen-bond acceptors (Lipinski definition) is 0. The Bertz CT molecular complexity index is 1290. The van der Waals surface area contributed by atoms with Crippen LogP contribution in [0.1, 0.15) is 58.6 Å². The van der Waals surface area contributed by atoms with Gasteiger partial charge >= 0.3 is 215 Å². The van der Waals surface area contributed by atoms with Crippen LogP contribution in [-0.2, 0) is 22.0 Å². The van der Waals surface area contributed by atoms with E-state index >= 15 is 0 Å². The first-order chi connectivity index (χ1) is 16.3. The summed E-state index contributed by atoms with van der Waals surface area (Å²) >= 11 is -4.27. The van der Waals surface area contributed by atoms with Gasteiger partial charge in [-0.05, 0) is 0 Å². The van der Waals surface area contributed by atoms with E-state index in [0.29, 0.717) is 11.8 Å². The van der Waals surface area contributed by atoms with Gasteiger partial charge in [0.15, 0.2) is 0 Å². The van der Waals surface area contributed by atoms with Gasteiger partial charge in [0.1, 0.15) is 0 Å². The van der Waals surface area contributed by atoms with Crippen molar-refractivity contribution in [2.45, 2.75) is 48.8 Å². The van der Waals surface area contributed by atoms with E-state index in [1.165, 1.54) is 36.7 Å². The van der Waals surface area contributed by atoms with Gasteiger partial charge in [-0.2, -0.15) is 0 Å². The van der Waals surface area contributed by atoms with Crippen molar-refractivity contribution in [2.75, 3.05) is 0 Å². The minimum absolute atomic E-state index is 0.313. The maximum absolute atomic E-state index is 7.92. The summed E-state index contributed by atoms with van der Waals surface area (Å²) in [6.45, 7) is 7.03. The Morgan fingerprint density at radius 3 is 2.18 bits per heavy atom. The van der Waals surface area contributed by atoms with E-state index in [4.69, 9.17) is 17.0 Å². The third-order valence-corrected chi connectivity index (χ3v) is 56.8. The molecule has 5 rings (SSSR count). The van der Waals surface area contributed by atoms with Gasteiger partial charge in [0.05, 0.1) is 0 Å². The Hall–Kier alpha value is -1.18. The van der Waals surface area contributed by atoms with Crippen LogP contribution < -0.4 is 3.27 Å². The Labute approximate surface area is 213 Å². The fourth-order valence-electron chi connectivity index (χ4n) is 5.88. The molecule has 0 saturated carbocycles. The molecule has 0 saturated heterocycles. The van der Waals surface area contributed by atoms with Crippen LogP contribution in [0.2, 0.25) is 17.2 Å². The fourth-order valence-corrected chi connectivity index (χ4v) is 28.9. The molecule has 4 heteroatoms. The van der Waals surface area contributed by atoms with Crippen molar-refractivity contribution in [3.63, 3.8) is 0 Å². The van der Waals surface area contributed by atoms with E-state index in [0.717, 1.165) is 17.0 Å². The van der Waals surface area contributed by atoms with Gasteiger partial charge in [-0.1, -0.05) is 0 Å². The van der Waals surface area contributed by atoms with Crippen LogP contribution in [0.3, 0.4) is 0 Å². The predicted octanol–water partition coefficient (Wildman–Crippen LogP) is 8.63. The summed E-state index contributed by atoms with van der Waals surface area (Å²) in [5.41, 5.74) is 8.18. The standard InChI is InChI=1S/C18H17.C10H9.C2H7Si.2ClH.Zr/c1-2-6-14-7-5-9-16(13-14)18-12-11-15-8-3-4-10-17(15)18;1-8-6-7-9-4-2-3-5-10(8)9;1-3-2;;;/h3-5,8-13,18H,2,6H2,1H3;2-8H,1H2;3H,1-2H3;2*1H;/q;;;;;+2/p-2. The summed E-state index contributed by atoms with van der Waals surface area (Å²) in [6, 6.07) is 24.5. The van der Waals surface area contributed by atoms with Gasteiger partial charge < -0.3 is 0 Å². The Morgan fingerprint density at radius 1 is 0.824 bits per heavy atom. The van der Waals surface area contributed by atoms with Crippen LogP contribution in [0.4, 0.5) is 0 Å². The number of benzene rings is 3. The average Bonchev–Trinajstić information content (AvgIpc) is 3.43. The number of fused-ring (bicyclic) bond motifs is 2. The SMILES string of the molecule is CCCc1cc(C2C=Cc3ccccc32)cc[c]1[Zr]([Cl])([Cl])([CH2]C1C=Cc2ccccc21)[SiH](C)C. The van der Waals surface area contributed by atoms with Gasteiger partial charge in [-0.3, -0.25) is 0 Å². The fraction of sp³-hybridized carbons (Fsp3) is 0.267. The molecular formula is C30H33Cl2SiZr. The van der Waals surface area contributed by atoms with Crippen molar-refractivity contribution in [1.82, 2.24) is 0 Å². The van der Waals surface area contributed by atoms with E-state index in [-0.39, 0.29) is 0 Å². The van der Waals surface area contributed by atoms with Crippen LogP contribution in [0, 0.1) is 0 Å². The summed E-state index contributed by atoms with van der Waals surface area (Å²) in [7, 11) is 15.8. The second kappa shape index (κ2) is 9.36. The van der Waals surface area contributed by atoms with Crippen molar-refractivity contribution < 1.29 is 15.6 Å². The minimum atomic E-state index is -4.27. The van der Waals surface area contributed by atoms with Crippen molar-refractivity contribution >= 4 is 38.4 Å². The molecule has 175 valence electrons. The number of allylic oxidation sites excluding steroid dienone is 2. The van der Waals surface area contributed by atoms with Crippen LogP contribution in [0.5, 0.6) is 0 Å². The van der Waals surface area contributed by atoms with Crippen LogP contribution >= 0.6 is 17.0 Å². The predicted molar refractivity (Wildman–Crippen MR) is 151 cm³/mol. The molecule has 0 spiro atoms.